The summed E-state index contributed by atoms with van der Waals surface area (Å²) in [6.45, 7) is 8.61. The summed E-state index contributed by atoms with van der Waals surface area (Å²) in [5, 5.41) is 3.55. The predicted molar refractivity (Wildman–Crippen MR) is 245 cm³/mol. The van der Waals surface area contributed by atoms with Crippen molar-refractivity contribution in [3.63, 3.8) is 0 Å². The van der Waals surface area contributed by atoms with Gasteiger partial charge in [-0.05, 0) is 32.3 Å². The van der Waals surface area contributed by atoms with Gasteiger partial charge in [0.1, 0.15) is 0 Å². The minimum Gasteiger partial charge on any atom is -0.462 e. The summed E-state index contributed by atoms with van der Waals surface area (Å²) >= 11 is 0. The quantitative estimate of drug-likeness (QED) is 0.0297. The molecule has 0 radical (unpaired) electrons. The van der Waals surface area contributed by atoms with Gasteiger partial charge in [0.2, 0.25) is 0 Å². The van der Waals surface area contributed by atoms with E-state index in [-0.39, 0.29) is 37.9 Å². The van der Waals surface area contributed by atoms with E-state index in [0.29, 0.717) is 33.7 Å². The smallest absolute Gasteiger partial charge is 0.337 e. The molecule has 1 aliphatic rings. The maximum atomic E-state index is 14.6. The molecule has 0 bridgehead atoms. The SMILES string of the molecule is CCCCCCCCCCCCOC(=O)C1=C(C[n+]2ccc(C(C)=O)cc2)NC(C[n+]2ccc(C(C)=O)cc2)=C(C(=O)OCCCCCCCCCCCC)C1c1ccccc1. The lowest BCUT2D eigenvalue weighted by Crippen LogP contribution is -2.45. The highest BCUT2D eigenvalue weighted by molar-refractivity contribution is 6.00. The Morgan fingerprint density at radius 2 is 0.823 bits per heavy atom. The summed E-state index contributed by atoms with van der Waals surface area (Å²) in [6.07, 6.45) is 30.7. The van der Waals surface area contributed by atoms with Crippen LogP contribution in [0.3, 0.4) is 0 Å². The highest BCUT2D eigenvalue weighted by Gasteiger charge is 2.42. The third-order valence-corrected chi connectivity index (χ3v) is 11.8. The number of allylic oxidation sites excluding steroid dienone is 2. The molecule has 336 valence electrons. The molecule has 0 fully saturated rings. The number of carbonyl (C=O) groups is 4. The summed E-state index contributed by atoms with van der Waals surface area (Å²) in [5.74, 6) is -1.80. The van der Waals surface area contributed by atoms with Gasteiger partial charge in [0, 0.05) is 35.4 Å². The van der Waals surface area contributed by atoms with Crippen LogP contribution in [0.25, 0.3) is 0 Å². The fourth-order valence-electron chi connectivity index (χ4n) is 8.14. The van der Waals surface area contributed by atoms with E-state index in [2.05, 4.69) is 19.2 Å². The van der Waals surface area contributed by atoms with Crippen molar-refractivity contribution in [3.05, 3.63) is 119 Å². The number of benzene rings is 1. The number of rotatable bonds is 31. The molecule has 9 heteroatoms. The molecule has 3 aromatic rings. The molecule has 4 rings (SSSR count). The van der Waals surface area contributed by atoms with Crippen molar-refractivity contribution < 1.29 is 37.8 Å². The van der Waals surface area contributed by atoms with Crippen molar-refractivity contribution in [2.45, 2.75) is 175 Å². The number of pyridine rings is 2. The average molecular weight is 850 g/mol. The van der Waals surface area contributed by atoms with Crippen molar-refractivity contribution >= 4 is 23.5 Å². The Hall–Kier alpha value is -4.92. The molecule has 0 spiro atoms. The Bertz CT molecular complexity index is 1770. The van der Waals surface area contributed by atoms with Crippen LogP contribution < -0.4 is 14.5 Å². The second-order valence-electron chi connectivity index (χ2n) is 17.0. The number of nitrogens with zero attached hydrogens (tertiary/aromatic N) is 2. The minimum absolute atomic E-state index is 0.0356. The Morgan fingerprint density at radius 1 is 0.484 bits per heavy atom. The Balaban J connectivity index is 1.62. The maximum absolute atomic E-state index is 14.6. The highest BCUT2D eigenvalue weighted by Crippen LogP contribution is 2.40. The Morgan fingerprint density at radius 3 is 1.16 bits per heavy atom. The van der Waals surface area contributed by atoms with E-state index in [1.165, 1.54) is 104 Å². The zero-order valence-electron chi connectivity index (χ0n) is 38.4. The van der Waals surface area contributed by atoms with Gasteiger partial charge < -0.3 is 14.8 Å². The molecule has 9 nitrogen and oxygen atoms in total. The number of aromatic nitrogens is 2. The molecule has 62 heavy (non-hydrogen) atoms. The summed E-state index contributed by atoms with van der Waals surface area (Å²) in [5.41, 5.74) is 3.85. The molecule has 0 amide bonds. The van der Waals surface area contributed by atoms with Gasteiger partial charge in [0.15, 0.2) is 49.4 Å². The van der Waals surface area contributed by atoms with E-state index in [9.17, 15) is 19.2 Å². The van der Waals surface area contributed by atoms with Crippen molar-refractivity contribution in [1.82, 2.24) is 5.32 Å². The fourth-order valence-corrected chi connectivity index (χ4v) is 8.14. The number of unbranched alkanes of at least 4 members (excludes halogenated alkanes) is 18. The summed E-state index contributed by atoms with van der Waals surface area (Å²) in [6, 6.07) is 16.7. The van der Waals surface area contributed by atoms with Gasteiger partial charge in [0.25, 0.3) is 0 Å². The van der Waals surface area contributed by atoms with Crippen LogP contribution >= 0.6 is 0 Å². The monoisotopic (exact) mass is 850 g/mol. The first kappa shape index (κ1) is 49.7. The number of esters is 2. The molecule has 3 heterocycles. The molecule has 0 saturated heterocycles. The molecule has 1 aromatic carbocycles. The standard InChI is InChI=1S/C53H74N3O6/c1-5-7-9-11-13-15-17-19-21-26-38-61-52(59)50-47(40-55-34-30-44(31-35-55)42(3)57)54-48(41-56-36-32-45(33-37-56)43(4)58)51(49(50)46-28-24-23-25-29-46)53(60)62-39-27-22-20-18-16-14-12-10-8-6-2/h23-25,28-37,49H,5-22,26-27,38-41H2,1-4H3/q+1/p+1. The van der Waals surface area contributed by atoms with Crippen LogP contribution in [0.15, 0.2) is 102 Å². The lowest BCUT2D eigenvalue weighted by molar-refractivity contribution is -0.692. The second-order valence-corrected chi connectivity index (χ2v) is 17.0. The number of dihydropyridines is 1. The molecular formula is C53H75N3O6+2. The average Bonchev–Trinajstić information content (AvgIpc) is 3.27. The van der Waals surface area contributed by atoms with E-state index >= 15 is 0 Å². The number of hydrogen-bond donors (Lipinski definition) is 1. The van der Waals surface area contributed by atoms with Gasteiger partial charge in [-0.15, -0.1) is 0 Å². The van der Waals surface area contributed by atoms with Crippen LogP contribution in [-0.2, 0) is 32.2 Å². The van der Waals surface area contributed by atoms with Gasteiger partial charge in [-0.3, -0.25) is 9.59 Å². The van der Waals surface area contributed by atoms with Crippen LogP contribution in [0.2, 0.25) is 0 Å². The predicted octanol–water partition coefficient (Wildman–Crippen LogP) is 11.2. The van der Waals surface area contributed by atoms with E-state index in [4.69, 9.17) is 9.47 Å². The third kappa shape index (κ3) is 17.1. The molecular weight excluding hydrogens is 775 g/mol. The molecule has 0 atom stereocenters. The van der Waals surface area contributed by atoms with Gasteiger partial charge in [-0.2, -0.15) is 9.13 Å². The number of nitrogens with one attached hydrogen (secondary N) is 1. The summed E-state index contributed by atoms with van der Waals surface area (Å²) in [4.78, 5) is 53.5. The van der Waals surface area contributed by atoms with E-state index < -0.39 is 17.9 Å². The number of ketones is 2. The van der Waals surface area contributed by atoms with Gasteiger partial charge in [-0.1, -0.05) is 160 Å². The first-order chi connectivity index (χ1) is 30.2. The van der Waals surface area contributed by atoms with Gasteiger partial charge in [-0.25, -0.2) is 9.59 Å². The topological polar surface area (TPSA) is 107 Å². The second kappa shape index (κ2) is 28.6. The van der Waals surface area contributed by atoms with Crippen LogP contribution in [0, 0.1) is 0 Å². The third-order valence-electron chi connectivity index (χ3n) is 11.8. The number of hydrogen-bond acceptors (Lipinski definition) is 7. The molecule has 0 unspecified atom stereocenters. The fraction of sp³-hybridized carbons (Fsp3) is 0.547. The maximum Gasteiger partial charge on any atom is 0.337 e. The zero-order valence-corrected chi connectivity index (χ0v) is 38.4. The molecule has 1 N–H and O–H groups in total. The Labute approximate surface area is 372 Å². The first-order valence-corrected chi connectivity index (χ1v) is 23.9. The molecule has 1 aliphatic heterocycles. The van der Waals surface area contributed by atoms with E-state index in [1.54, 1.807) is 24.3 Å². The summed E-state index contributed by atoms with van der Waals surface area (Å²) in [7, 11) is 0. The van der Waals surface area contributed by atoms with E-state index in [1.807, 2.05) is 64.3 Å². The van der Waals surface area contributed by atoms with Gasteiger partial charge >= 0.3 is 11.9 Å². The summed E-state index contributed by atoms with van der Waals surface area (Å²) < 4.78 is 16.0. The van der Waals surface area contributed by atoms with Crippen LogP contribution in [0.4, 0.5) is 0 Å². The lowest BCUT2D eigenvalue weighted by atomic mass is 9.80. The number of Topliss-reactive ketones (excluding diaryl/α,β-unsaturated/α-hetero) is 2. The van der Waals surface area contributed by atoms with Crippen molar-refractivity contribution in [3.8, 4) is 0 Å². The molecule has 0 saturated carbocycles. The first-order valence-electron chi connectivity index (χ1n) is 23.9. The normalized spacial score (nSPS) is 13.0. The van der Waals surface area contributed by atoms with Crippen LogP contribution in [0.5, 0.6) is 0 Å². The van der Waals surface area contributed by atoms with Crippen LogP contribution in [-0.4, -0.2) is 36.7 Å². The highest BCUT2D eigenvalue weighted by atomic mass is 16.5. The largest absolute Gasteiger partial charge is 0.462 e. The van der Waals surface area contributed by atoms with Gasteiger partial charge in [0.05, 0.1) is 41.7 Å². The Kier molecular flexibility index (Phi) is 23.0. The van der Waals surface area contributed by atoms with E-state index in [0.717, 1.165) is 44.1 Å². The van der Waals surface area contributed by atoms with Crippen molar-refractivity contribution in [2.24, 2.45) is 0 Å². The number of ether oxygens (including phenoxy) is 2. The van der Waals surface area contributed by atoms with Crippen LogP contribution in [0.1, 0.15) is 188 Å². The lowest BCUT2D eigenvalue weighted by Gasteiger charge is -2.31. The van der Waals surface area contributed by atoms with Crippen molar-refractivity contribution in [1.29, 1.82) is 0 Å². The number of carbonyl (C=O) groups excluding carboxylic acids is 4. The van der Waals surface area contributed by atoms with Crippen molar-refractivity contribution in [2.75, 3.05) is 13.2 Å². The molecule has 0 aliphatic carbocycles. The zero-order chi connectivity index (χ0) is 44.4. The minimum atomic E-state index is -0.781. The molecule has 2 aromatic heterocycles.